The Morgan fingerprint density at radius 2 is 1.73 bits per heavy atom. The van der Waals surface area contributed by atoms with Gasteiger partial charge >= 0.3 is 0 Å². The van der Waals surface area contributed by atoms with E-state index >= 15 is 0 Å². The van der Waals surface area contributed by atoms with Crippen molar-refractivity contribution < 1.29 is 14.4 Å². The minimum Gasteiger partial charge on any atom is -0.352 e. The number of benzene rings is 3. The third-order valence-electron chi connectivity index (χ3n) is 7.77. The van der Waals surface area contributed by atoms with Gasteiger partial charge in [-0.3, -0.25) is 14.4 Å². The van der Waals surface area contributed by atoms with Crippen molar-refractivity contribution in [2.24, 2.45) is 0 Å². The normalized spacial score (nSPS) is 15.8. The molecule has 192 valence electrons. The molecular weight excluding hydrogens is 462 g/mol. The van der Waals surface area contributed by atoms with E-state index in [9.17, 15) is 14.4 Å². The van der Waals surface area contributed by atoms with Crippen LogP contribution in [0.1, 0.15) is 61.4 Å². The molecule has 0 bridgehead atoms. The number of nitrogens with one attached hydrogen (secondary N) is 1. The molecule has 1 saturated carbocycles. The molecule has 3 amide bonds. The average molecular weight is 498 g/mol. The first-order valence-corrected chi connectivity index (χ1v) is 13.5. The Morgan fingerprint density at radius 3 is 2.49 bits per heavy atom. The summed E-state index contributed by atoms with van der Waals surface area (Å²) in [7, 11) is 0. The maximum Gasteiger partial charge on any atom is 0.258 e. The monoisotopic (exact) mass is 497 g/mol. The zero-order chi connectivity index (χ0) is 25.8. The molecule has 1 N–H and O–H groups in total. The van der Waals surface area contributed by atoms with Crippen LogP contribution in [0.5, 0.6) is 0 Å². The molecule has 1 fully saturated rings. The van der Waals surface area contributed by atoms with E-state index in [0.717, 1.165) is 53.3 Å². The largest absolute Gasteiger partial charge is 0.352 e. The standard InChI is InChI=1S/C31H35N3O3/c1-22(30(36)32-25-14-5-6-15-25)33(21-19-23-10-3-2-4-11-23)28(35)18-9-20-34-27-17-8-13-24-12-7-16-26(29(24)27)31(34)37/h2-4,7-8,10-13,16-17,22,25H,5-6,9,14-15,18-21H2,1H3,(H,32,36). The first-order chi connectivity index (χ1) is 18.0. The number of carbonyl (C=O) groups is 3. The van der Waals surface area contributed by atoms with Gasteiger partial charge in [-0.2, -0.15) is 0 Å². The van der Waals surface area contributed by atoms with Crippen LogP contribution in [0.4, 0.5) is 5.69 Å². The number of hydrogen-bond acceptors (Lipinski definition) is 3. The van der Waals surface area contributed by atoms with Gasteiger partial charge in [-0.05, 0) is 55.7 Å². The van der Waals surface area contributed by atoms with Crippen molar-refractivity contribution in [3.8, 4) is 0 Å². The number of nitrogens with zero attached hydrogens (tertiary/aromatic N) is 2. The lowest BCUT2D eigenvalue weighted by molar-refractivity contribution is -0.140. The van der Waals surface area contributed by atoms with Gasteiger partial charge in [-0.15, -0.1) is 0 Å². The summed E-state index contributed by atoms with van der Waals surface area (Å²) >= 11 is 0. The van der Waals surface area contributed by atoms with Crippen molar-refractivity contribution in [2.75, 3.05) is 18.0 Å². The molecule has 1 aliphatic carbocycles. The molecule has 37 heavy (non-hydrogen) atoms. The Bertz CT molecular complexity index is 1280. The van der Waals surface area contributed by atoms with Crippen LogP contribution in [-0.2, 0) is 16.0 Å². The van der Waals surface area contributed by atoms with Gasteiger partial charge in [0.25, 0.3) is 5.91 Å². The summed E-state index contributed by atoms with van der Waals surface area (Å²) < 4.78 is 0. The van der Waals surface area contributed by atoms with Gasteiger partial charge in [0.05, 0.1) is 5.69 Å². The molecule has 1 atom stereocenters. The molecule has 0 aromatic heterocycles. The van der Waals surface area contributed by atoms with Crippen molar-refractivity contribution in [1.29, 1.82) is 0 Å². The molecule has 1 unspecified atom stereocenters. The summed E-state index contributed by atoms with van der Waals surface area (Å²) in [6.45, 7) is 2.78. The molecule has 6 heteroatoms. The SMILES string of the molecule is CC(C(=O)NC1CCCC1)N(CCc1ccccc1)C(=O)CCCN1C(=O)c2cccc3cccc1c23. The molecule has 0 spiro atoms. The summed E-state index contributed by atoms with van der Waals surface area (Å²) in [6, 6.07) is 21.5. The van der Waals surface area contributed by atoms with Crippen molar-refractivity contribution in [3.63, 3.8) is 0 Å². The van der Waals surface area contributed by atoms with Gasteiger partial charge in [0.15, 0.2) is 0 Å². The zero-order valence-corrected chi connectivity index (χ0v) is 21.5. The highest BCUT2D eigenvalue weighted by molar-refractivity contribution is 6.25. The van der Waals surface area contributed by atoms with E-state index in [4.69, 9.17) is 0 Å². The molecule has 3 aromatic carbocycles. The fourth-order valence-corrected chi connectivity index (χ4v) is 5.70. The predicted octanol–water partition coefficient (Wildman–Crippen LogP) is 5.10. The number of anilines is 1. The Labute approximate surface area is 218 Å². The molecular formula is C31H35N3O3. The van der Waals surface area contributed by atoms with Gasteiger partial charge in [-0.25, -0.2) is 0 Å². The molecule has 2 aliphatic rings. The average Bonchev–Trinajstić information content (AvgIpc) is 3.53. The third-order valence-corrected chi connectivity index (χ3v) is 7.77. The summed E-state index contributed by atoms with van der Waals surface area (Å²) in [4.78, 5) is 43.1. The Kier molecular flexibility index (Phi) is 7.54. The lowest BCUT2D eigenvalue weighted by Crippen LogP contribution is -2.50. The highest BCUT2D eigenvalue weighted by Crippen LogP contribution is 2.37. The van der Waals surface area contributed by atoms with Crippen molar-refractivity contribution in [1.82, 2.24) is 10.2 Å². The van der Waals surface area contributed by atoms with Crippen molar-refractivity contribution in [3.05, 3.63) is 77.9 Å². The van der Waals surface area contributed by atoms with Gasteiger partial charge in [0, 0.05) is 36.5 Å². The third kappa shape index (κ3) is 5.38. The first kappa shape index (κ1) is 25.0. The van der Waals surface area contributed by atoms with Gasteiger partial charge in [0.1, 0.15) is 6.04 Å². The lowest BCUT2D eigenvalue weighted by atomic mass is 10.1. The van der Waals surface area contributed by atoms with Crippen LogP contribution < -0.4 is 10.2 Å². The minimum atomic E-state index is -0.539. The number of rotatable bonds is 10. The highest BCUT2D eigenvalue weighted by atomic mass is 16.2. The van der Waals surface area contributed by atoms with Crippen LogP contribution in [0.15, 0.2) is 66.7 Å². The molecule has 5 rings (SSSR count). The quantitative estimate of drug-likeness (QED) is 0.424. The van der Waals surface area contributed by atoms with Crippen molar-refractivity contribution >= 4 is 34.2 Å². The van der Waals surface area contributed by atoms with E-state index in [0.29, 0.717) is 25.9 Å². The highest BCUT2D eigenvalue weighted by Gasteiger charge is 2.31. The Morgan fingerprint density at radius 1 is 1.00 bits per heavy atom. The van der Waals surface area contributed by atoms with E-state index in [1.807, 2.05) is 73.7 Å². The van der Waals surface area contributed by atoms with E-state index in [2.05, 4.69) is 5.32 Å². The minimum absolute atomic E-state index is 0.00973. The Hall–Kier alpha value is -3.67. The predicted molar refractivity (Wildman–Crippen MR) is 147 cm³/mol. The van der Waals surface area contributed by atoms with Crippen LogP contribution in [0.25, 0.3) is 10.8 Å². The molecule has 0 saturated heterocycles. The number of hydrogen-bond donors (Lipinski definition) is 1. The van der Waals surface area contributed by atoms with E-state index in [1.54, 1.807) is 9.80 Å². The van der Waals surface area contributed by atoms with Crippen LogP contribution in [0, 0.1) is 0 Å². The van der Waals surface area contributed by atoms with E-state index < -0.39 is 6.04 Å². The molecule has 1 heterocycles. The summed E-state index contributed by atoms with van der Waals surface area (Å²) in [5, 5.41) is 5.20. The van der Waals surface area contributed by atoms with Crippen LogP contribution >= 0.6 is 0 Å². The summed E-state index contributed by atoms with van der Waals surface area (Å²) in [5.74, 6) is -0.137. The molecule has 6 nitrogen and oxygen atoms in total. The maximum absolute atomic E-state index is 13.5. The van der Waals surface area contributed by atoms with E-state index in [-0.39, 0.29) is 30.2 Å². The van der Waals surface area contributed by atoms with Crippen LogP contribution in [0.3, 0.4) is 0 Å². The zero-order valence-electron chi connectivity index (χ0n) is 21.5. The van der Waals surface area contributed by atoms with E-state index in [1.165, 1.54) is 0 Å². The first-order valence-electron chi connectivity index (χ1n) is 13.5. The van der Waals surface area contributed by atoms with Gasteiger partial charge in [-0.1, -0.05) is 67.4 Å². The molecule has 3 aromatic rings. The number of carbonyl (C=O) groups excluding carboxylic acids is 3. The van der Waals surface area contributed by atoms with Crippen molar-refractivity contribution in [2.45, 2.75) is 64.0 Å². The molecule has 0 radical (unpaired) electrons. The summed E-state index contributed by atoms with van der Waals surface area (Å²) in [5.41, 5.74) is 2.77. The maximum atomic E-state index is 13.5. The number of amides is 3. The second-order valence-electron chi connectivity index (χ2n) is 10.2. The molecule has 1 aliphatic heterocycles. The second-order valence-corrected chi connectivity index (χ2v) is 10.2. The van der Waals surface area contributed by atoms with Gasteiger partial charge in [0.2, 0.25) is 11.8 Å². The lowest BCUT2D eigenvalue weighted by Gasteiger charge is -2.30. The summed E-state index contributed by atoms with van der Waals surface area (Å²) in [6.07, 6.45) is 5.81. The smallest absolute Gasteiger partial charge is 0.258 e. The topological polar surface area (TPSA) is 69.7 Å². The van der Waals surface area contributed by atoms with Crippen LogP contribution in [0.2, 0.25) is 0 Å². The second kappa shape index (κ2) is 11.2. The fraction of sp³-hybridized carbons (Fsp3) is 0.387. The van der Waals surface area contributed by atoms with Gasteiger partial charge < -0.3 is 15.1 Å². The Balaban J connectivity index is 1.24. The fourth-order valence-electron chi connectivity index (χ4n) is 5.70. The van der Waals surface area contributed by atoms with Crippen LogP contribution in [-0.4, -0.2) is 47.8 Å².